The summed E-state index contributed by atoms with van der Waals surface area (Å²) in [7, 11) is 0. The Kier molecular flexibility index (Phi) is 7.88. The second-order valence-corrected chi connectivity index (χ2v) is 7.20. The molecule has 2 saturated heterocycles. The van der Waals surface area contributed by atoms with Gasteiger partial charge < -0.3 is 0 Å². The lowest BCUT2D eigenvalue weighted by atomic mass is 9.92. The summed E-state index contributed by atoms with van der Waals surface area (Å²) in [6, 6.07) is 0.368. The van der Waals surface area contributed by atoms with Gasteiger partial charge >= 0.3 is 0 Å². The molecule has 0 radical (unpaired) electrons. The van der Waals surface area contributed by atoms with Gasteiger partial charge in [0.25, 0.3) is 0 Å². The summed E-state index contributed by atoms with van der Waals surface area (Å²) in [6.45, 7) is 8.98. The van der Waals surface area contributed by atoms with Crippen molar-refractivity contribution in [1.29, 1.82) is 0 Å². The van der Waals surface area contributed by atoms with Crippen molar-refractivity contribution in [2.45, 2.75) is 90.1 Å². The van der Waals surface area contributed by atoms with E-state index in [1.807, 2.05) is 0 Å². The Morgan fingerprint density at radius 3 is 1.41 bits per heavy atom. The van der Waals surface area contributed by atoms with Gasteiger partial charge in [-0.25, -0.2) is 0 Å². The number of hydrogen-bond acceptors (Lipinski definition) is 3. The fraction of sp³-hybridized carbons (Fsp3) is 0.947. The van der Waals surface area contributed by atoms with Crippen LogP contribution in [0.3, 0.4) is 0 Å². The molecule has 2 rings (SSSR count). The van der Waals surface area contributed by atoms with E-state index in [2.05, 4.69) is 23.6 Å². The van der Waals surface area contributed by atoms with Gasteiger partial charge in [-0.1, -0.05) is 39.5 Å². The largest absolute Gasteiger partial charge is 0.296 e. The molecule has 0 N–H and O–H groups in total. The van der Waals surface area contributed by atoms with Crippen LogP contribution in [0, 0.1) is 0 Å². The molecule has 22 heavy (non-hydrogen) atoms. The van der Waals surface area contributed by atoms with E-state index in [0.717, 1.165) is 51.9 Å². The van der Waals surface area contributed by atoms with Gasteiger partial charge in [0.2, 0.25) is 0 Å². The minimum Gasteiger partial charge on any atom is -0.296 e. The van der Waals surface area contributed by atoms with Crippen LogP contribution in [-0.4, -0.2) is 53.8 Å². The number of likely N-dealkylation sites (tertiary alicyclic amines) is 2. The Bertz CT molecular complexity index is 289. The molecule has 0 amide bonds. The SMILES string of the molecule is CCCC(C(=O)C(CCC)N1CCCCC1)N1CCCCC1. The zero-order valence-corrected chi connectivity index (χ0v) is 14.9. The first-order chi connectivity index (χ1) is 10.8. The zero-order chi connectivity index (χ0) is 15.8. The van der Waals surface area contributed by atoms with Gasteiger partial charge in [-0.2, -0.15) is 0 Å². The molecule has 128 valence electrons. The molecule has 0 spiro atoms. The van der Waals surface area contributed by atoms with E-state index in [9.17, 15) is 4.79 Å². The van der Waals surface area contributed by atoms with E-state index in [-0.39, 0.29) is 12.1 Å². The highest BCUT2D eigenvalue weighted by molar-refractivity contribution is 5.89. The number of carbonyl (C=O) groups excluding carboxylic acids is 1. The third-order valence-corrected chi connectivity index (χ3v) is 5.44. The summed E-state index contributed by atoms with van der Waals surface area (Å²) in [5.41, 5.74) is 0. The van der Waals surface area contributed by atoms with Crippen LogP contribution >= 0.6 is 0 Å². The molecule has 0 aliphatic carbocycles. The molecule has 3 heteroatoms. The molecule has 0 aromatic carbocycles. The van der Waals surface area contributed by atoms with Gasteiger partial charge in [0.1, 0.15) is 0 Å². The normalized spacial score (nSPS) is 24.1. The standard InChI is InChI=1S/C19H36N2O/c1-3-11-17(20-13-7-5-8-14-20)19(22)18(12-4-2)21-15-9-6-10-16-21/h17-18H,3-16H2,1-2H3. The van der Waals surface area contributed by atoms with Crippen molar-refractivity contribution in [3.05, 3.63) is 0 Å². The molecule has 3 nitrogen and oxygen atoms in total. The number of ketones is 1. The van der Waals surface area contributed by atoms with Gasteiger partial charge in [0.15, 0.2) is 5.78 Å². The molecular weight excluding hydrogens is 272 g/mol. The maximum absolute atomic E-state index is 13.3. The van der Waals surface area contributed by atoms with Gasteiger partial charge in [0.05, 0.1) is 12.1 Å². The van der Waals surface area contributed by atoms with Crippen LogP contribution in [0.2, 0.25) is 0 Å². The van der Waals surface area contributed by atoms with Crippen LogP contribution in [-0.2, 0) is 4.79 Å². The van der Waals surface area contributed by atoms with E-state index in [4.69, 9.17) is 0 Å². The molecule has 2 aliphatic rings. The number of hydrogen-bond donors (Lipinski definition) is 0. The third kappa shape index (κ3) is 4.79. The summed E-state index contributed by atoms with van der Waals surface area (Å²) in [5, 5.41) is 0. The van der Waals surface area contributed by atoms with Crippen molar-refractivity contribution >= 4 is 5.78 Å². The average Bonchev–Trinajstić information content (AvgIpc) is 2.58. The summed E-state index contributed by atoms with van der Waals surface area (Å²) < 4.78 is 0. The monoisotopic (exact) mass is 308 g/mol. The van der Waals surface area contributed by atoms with Crippen LogP contribution in [0.5, 0.6) is 0 Å². The van der Waals surface area contributed by atoms with Crippen molar-refractivity contribution in [1.82, 2.24) is 9.80 Å². The smallest absolute Gasteiger partial charge is 0.166 e. The fourth-order valence-electron chi connectivity index (χ4n) is 4.24. The second-order valence-electron chi connectivity index (χ2n) is 7.20. The molecule has 2 atom stereocenters. The molecule has 2 aliphatic heterocycles. The third-order valence-electron chi connectivity index (χ3n) is 5.44. The lowest BCUT2D eigenvalue weighted by molar-refractivity contribution is -0.131. The fourth-order valence-corrected chi connectivity index (χ4v) is 4.24. The van der Waals surface area contributed by atoms with Crippen LogP contribution in [0.25, 0.3) is 0 Å². The van der Waals surface area contributed by atoms with E-state index < -0.39 is 0 Å². The van der Waals surface area contributed by atoms with Crippen molar-refractivity contribution in [2.24, 2.45) is 0 Å². The first-order valence-corrected chi connectivity index (χ1v) is 9.79. The number of Topliss-reactive ketones (excluding diaryl/α,β-unsaturated/α-hetero) is 1. The molecule has 0 bridgehead atoms. The van der Waals surface area contributed by atoms with Crippen molar-refractivity contribution in [3.8, 4) is 0 Å². The van der Waals surface area contributed by atoms with Crippen molar-refractivity contribution in [3.63, 3.8) is 0 Å². The molecule has 2 heterocycles. The van der Waals surface area contributed by atoms with E-state index >= 15 is 0 Å². The van der Waals surface area contributed by atoms with Crippen molar-refractivity contribution < 1.29 is 4.79 Å². The molecular formula is C19H36N2O. The Morgan fingerprint density at radius 2 is 1.09 bits per heavy atom. The topological polar surface area (TPSA) is 23.6 Å². The van der Waals surface area contributed by atoms with Gasteiger partial charge in [-0.15, -0.1) is 0 Å². The van der Waals surface area contributed by atoms with Crippen LogP contribution in [0.4, 0.5) is 0 Å². The average molecular weight is 309 g/mol. The van der Waals surface area contributed by atoms with E-state index in [1.165, 1.54) is 38.5 Å². The van der Waals surface area contributed by atoms with Crippen LogP contribution < -0.4 is 0 Å². The minimum absolute atomic E-state index is 0.184. The minimum atomic E-state index is 0.184. The quantitative estimate of drug-likeness (QED) is 0.680. The first-order valence-electron chi connectivity index (χ1n) is 9.79. The zero-order valence-electron chi connectivity index (χ0n) is 14.9. The summed E-state index contributed by atoms with van der Waals surface area (Å²) in [4.78, 5) is 18.3. The lowest BCUT2D eigenvalue weighted by Crippen LogP contribution is -2.53. The number of piperidine rings is 2. The first kappa shape index (κ1) is 17.9. The number of carbonyl (C=O) groups is 1. The summed E-state index contributed by atoms with van der Waals surface area (Å²) in [5.74, 6) is 0.535. The molecule has 0 aromatic heterocycles. The predicted molar refractivity (Wildman–Crippen MR) is 93.2 cm³/mol. The summed E-state index contributed by atoms with van der Waals surface area (Å²) >= 11 is 0. The highest BCUT2D eigenvalue weighted by Crippen LogP contribution is 2.23. The molecule has 0 saturated carbocycles. The van der Waals surface area contributed by atoms with Gasteiger partial charge in [-0.3, -0.25) is 14.6 Å². The van der Waals surface area contributed by atoms with Gasteiger partial charge in [-0.05, 0) is 64.7 Å². The number of nitrogens with zero attached hydrogens (tertiary/aromatic N) is 2. The molecule has 0 aromatic rings. The van der Waals surface area contributed by atoms with Crippen molar-refractivity contribution in [2.75, 3.05) is 26.2 Å². The second kappa shape index (κ2) is 9.67. The Morgan fingerprint density at radius 1 is 0.727 bits per heavy atom. The molecule has 2 unspecified atom stereocenters. The Labute approximate surface area is 137 Å². The predicted octanol–water partition coefficient (Wildman–Crippen LogP) is 3.86. The highest BCUT2D eigenvalue weighted by Gasteiger charge is 2.34. The number of rotatable bonds is 8. The maximum Gasteiger partial charge on any atom is 0.166 e. The van der Waals surface area contributed by atoms with Gasteiger partial charge in [0, 0.05) is 0 Å². The highest BCUT2D eigenvalue weighted by atomic mass is 16.1. The van der Waals surface area contributed by atoms with Crippen LogP contribution in [0.1, 0.15) is 78.1 Å². The van der Waals surface area contributed by atoms with Crippen LogP contribution in [0.15, 0.2) is 0 Å². The van der Waals surface area contributed by atoms with E-state index in [1.54, 1.807) is 0 Å². The Balaban J connectivity index is 2.06. The molecule has 2 fully saturated rings. The maximum atomic E-state index is 13.3. The van der Waals surface area contributed by atoms with E-state index in [0.29, 0.717) is 5.78 Å². The summed E-state index contributed by atoms with van der Waals surface area (Å²) in [6.07, 6.45) is 12.1. The lowest BCUT2D eigenvalue weighted by Gasteiger charge is -2.39. The Hall–Kier alpha value is -0.410.